The van der Waals surface area contributed by atoms with Crippen molar-refractivity contribution in [1.29, 1.82) is 5.26 Å². The molecule has 0 saturated heterocycles. The van der Waals surface area contributed by atoms with E-state index in [-0.39, 0.29) is 0 Å². The molecule has 2 rings (SSSR count). The van der Waals surface area contributed by atoms with Crippen LogP contribution in [0.2, 0.25) is 5.02 Å². The van der Waals surface area contributed by atoms with Gasteiger partial charge in [0.2, 0.25) is 5.76 Å². The van der Waals surface area contributed by atoms with Gasteiger partial charge in [0, 0.05) is 16.0 Å². The highest BCUT2D eigenvalue weighted by Gasteiger charge is 2.17. The fourth-order valence-corrected chi connectivity index (χ4v) is 2.39. The molecule has 1 aromatic carbocycles. The molecule has 0 amide bonds. The van der Waals surface area contributed by atoms with Crippen LogP contribution in [0.25, 0.3) is 11.0 Å². The summed E-state index contributed by atoms with van der Waals surface area (Å²) in [5.74, 6) is 0.423. The summed E-state index contributed by atoms with van der Waals surface area (Å²) < 4.78 is 5.60. The molecule has 0 saturated carbocycles. The molecule has 1 aromatic heterocycles. The summed E-state index contributed by atoms with van der Waals surface area (Å²) in [6.45, 7) is 6.02. The van der Waals surface area contributed by atoms with Gasteiger partial charge >= 0.3 is 0 Å². The zero-order valence-corrected chi connectivity index (χ0v) is 11.0. The number of hydrogen-bond acceptors (Lipinski definition) is 2. The van der Waals surface area contributed by atoms with Crippen LogP contribution in [0.3, 0.4) is 0 Å². The first-order valence-electron chi connectivity index (χ1n) is 5.71. The molecule has 0 aliphatic carbocycles. The molecule has 1 heterocycles. The Labute approximate surface area is 106 Å². The van der Waals surface area contributed by atoms with Gasteiger partial charge in [0.25, 0.3) is 0 Å². The van der Waals surface area contributed by atoms with Gasteiger partial charge in [0.1, 0.15) is 11.7 Å². The lowest BCUT2D eigenvalue weighted by atomic mass is 10.0. The predicted molar refractivity (Wildman–Crippen MR) is 69.4 cm³/mol. The molecule has 0 spiro atoms. The van der Waals surface area contributed by atoms with Gasteiger partial charge in [-0.3, -0.25) is 0 Å². The maximum Gasteiger partial charge on any atom is 0.207 e. The van der Waals surface area contributed by atoms with Gasteiger partial charge in [-0.2, -0.15) is 5.26 Å². The lowest BCUT2D eigenvalue weighted by molar-refractivity contribution is 0.592. The number of nitrogens with zero attached hydrogens (tertiary/aromatic N) is 1. The van der Waals surface area contributed by atoms with E-state index in [9.17, 15) is 0 Å². The third kappa shape index (κ3) is 1.81. The molecule has 0 bridgehead atoms. The average molecular weight is 248 g/mol. The summed E-state index contributed by atoms with van der Waals surface area (Å²) >= 11 is 6.26. The van der Waals surface area contributed by atoms with Crippen molar-refractivity contribution in [3.05, 3.63) is 33.5 Å². The lowest BCUT2D eigenvalue weighted by Crippen LogP contribution is -1.88. The van der Waals surface area contributed by atoms with E-state index in [4.69, 9.17) is 21.3 Å². The van der Waals surface area contributed by atoms with Crippen molar-refractivity contribution in [1.82, 2.24) is 0 Å². The van der Waals surface area contributed by atoms with E-state index >= 15 is 0 Å². The Balaban J connectivity index is 2.86. The quantitative estimate of drug-likeness (QED) is 0.782. The second-order valence-corrected chi connectivity index (χ2v) is 4.66. The van der Waals surface area contributed by atoms with Crippen LogP contribution in [0, 0.1) is 25.2 Å². The van der Waals surface area contributed by atoms with Crippen LogP contribution in [0.1, 0.15) is 35.8 Å². The van der Waals surface area contributed by atoms with Crippen molar-refractivity contribution in [2.45, 2.75) is 33.6 Å². The minimum atomic E-state index is 0.423. The minimum absolute atomic E-state index is 0.423. The van der Waals surface area contributed by atoms with E-state index in [1.54, 1.807) is 0 Å². The zero-order chi connectivity index (χ0) is 12.6. The van der Waals surface area contributed by atoms with E-state index in [0.29, 0.717) is 5.76 Å². The van der Waals surface area contributed by atoms with Gasteiger partial charge in [0.15, 0.2) is 0 Å². The fraction of sp³-hybridized carbons (Fsp3) is 0.357. The van der Waals surface area contributed by atoms with E-state index in [0.717, 1.165) is 45.5 Å². The fourth-order valence-electron chi connectivity index (χ4n) is 2.24. The second-order valence-electron chi connectivity index (χ2n) is 4.28. The summed E-state index contributed by atoms with van der Waals surface area (Å²) in [5, 5.41) is 10.9. The summed E-state index contributed by atoms with van der Waals surface area (Å²) in [4.78, 5) is 0. The van der Waals surface area contributed by atoms with Gasteiger partial charge in [-0.15, -0.1) is 0 Å². The molecule has 0 aliphatic heterocycles. The van der Waals surface area contributed by atoms with Gasteiger partial charge in [-0.1, -0.05) is 24.9 Å². The smallest absolute Gasteiger partial charge is 0.207 e. The van der Waals surface area contributed by atoms with Gasteiger partial charge < -0.3 is 4.42 Å². The Bertz CT molecular complexity index is 619. The third-order valence-corrected chi connectivity index (χ3v) is 3.62. The molecular formula is C14H14ClNO. The number of fused-ring (bicyclic) bond motifs is 1. The molecule has 88 valence electrons. The Morgan fingerprint density at radius 2 is 2.12 bits per heavy atom. The van der Waals surface area contributed by atoms with E-state index < -0.39 is 0 Å². The van der Waals surface area contributed by atoms with Crippen molar-refractivity contribution in [3.63, 3.8) is 0 Å². The molecular weight excluding hydrogens is 234 g/mol. The second kappa shape index (κ2) is 4.43. The largest absolute Gasteiger partial charge is 0.445 e. The third-order valence-electron chi connectivity index (χ3n) is 3.03. The van der Waals surface area contributed by atoms with Crippen molar-refractivity contribution in [2.24, 2.45) is 0 Å². The number of aryl methyl sites for hydroxylation is 3. The summed E-state index contributed by atoms with van der Waals surface area (Å²) in [5.41, 5.74) is 3.75. The monoisotopic (exact) mass is 247 g/mol. The van der Waals surface area contributed by atoms with Crippen LogP contribution < -0.4 is 0 Å². The van der Waals surface area contributed by atoms with Crippen molar-refractivity contribution in [2.75, 3.05) is 0 Å². The standard InChI is InChI=1S/C14H14ClNO/c1-4-5-10-12(7-16)17-11-6-8(2)14(15)9(3)13(10)11/h6H,4-5H2,1-3H3. The number of furan rings is 1. The average Bonchev–Trinajstić information content (AvgIpc) is 2.65. The summed E-state index contributed by atoms with van der Waals surface area (Å²) in [7, 11) is 0. The van der Waals surface area contributed by atoms with Crippen LogP contribution in [0.4, 0.5) is 0 Å². The predicted octanol–water partition coefficient (Wildman–Crippen LogP) is 4.53. The van der Waals surface area contributed by atoms with E-state index in [1.165, 1.54) is 0 Å². The molecule has 0 aliphatic rings. The number of nitriles is 1. The topological polar surface area (TPSA) is 36.9 Å². The van der Waals surface area contributed by atoms with Gasteiger partial charge in [-0.05, 0) is 37.5 Å². The first-order valence-corrected chi connectivity index (χ1v) is 6.09. The maximum atomic E-state index is 9.10. The van der Waals surface area contributed by atoms with Crippen LogP contribution >= 0.6 is 11.6 Å². The Kier molecular flexibility index (Phi) is 3.13. The molecule has 2 nitrogen and oxygen atoms in total. The molecule has 2 aromatic rings. The SMILES string of the molecule is CCCc1c(C#N)oc2cc(C)c(Cl)c(C)c12. The van der Waals surface area contributed by atoms with Crippen molar-refractivity contribution in [3.8, 4) is 6.07 Å². The number of halogens is 1. The maximum absolute atomic E-state index is 9.10. The molecule has 0 unspecified atom stereocenters. The first kappa shape index (κ1) is 12.0. The Morgan fingerprint density at radius 3 is 2.71 bits per heavy atom. The number of rotatable bonds is 2. The highest BCUT2D eigenvalue weighted by molar-refractivity contribution is 6.33. The lowest BCUT2D eigenvalue weighted by Gasteiger charge is -2.04. The van der Waals surface area contributed by atoms with Crippen LogP contribution in [0.15, 0.2) is 10.5 Å². The molecule has 0 fully saturated rings. The molecule has 0 N–H and O–H groups in total. The normalized spacial score (nSPS) is 10.8. The van der Waals surface area contributed by atoms with Crippen LogP contribution in [-0.4, -0.2) is 0 Å². The Morgan fingerprint density at radius 1 is 1.41 bits per heavy atom. The van der Waals surface area contributed by atoms with Crippen molar-refractivity contribution >= 4 is 22.6 Å². The number of benzene rings is 1. The van der Waals surface area contributed by atoms with E-state index in [2.05, 4.69) is 13.0 Å². The summed E-state index contributed by atoms with van der Waals surface area (Å²) in [6, 6.07) is 4.03. The molecule has 0 atom stereocenters. The number of hydrogen-bond donors (Lipinski definition) is 0. The molecule has 0 radical (unpaired) electrons. The first-order chi connectivity index (χ1) is 8.10. The van der Waals surface area contributed by atoms with Crippen molar-refractivity contribution < 1.29 is 4.42 Å². The van der Waals surface area contributed by atoms with E-state index in [1.807, 2.05) is 19.9 Å². The van der Waals surface area contributed by atoms with Gasteiger partial charge in [0.05, 0.1) is 0 Å². The van der Waals surface area contributed by atoms with Crippen LogP contribution in [0.5, 0.6) is 0 Å². The van der Waals surface area contributed by atoms with Gasteiger partial charge in [-0.25, -0.2) is 0 Å². The zero-order valence-electron chi connectivity index (χ0n) is 10.2. The summed E-state index contributed by atoms with van der Waals surface area (Å²) in [6.07, 6.45) is 1.82. The highest BCUT2D eigenvalue weighted by Crippen LogP contribution is 2.35. The molecule has 17 heavy (non-hydrogen) atoms. The van der Waals surface area contributed by atoms with Crippen LogP contribution in [-0.2, 0) is 6.42 Å². The highest BCUT2D eigenvalue weighted by atomic mass is 35.5. The molecule has 3 heteroatoms. The Hall–Kier alpha value is -1.46. The minimum Gasteiger partial charge on any atom is -0.445 e.